The number of amides is 1. The van der Waals surface area contributed by atoms with Gasteiger partial charge in [0.05, 0.1) is 13.2 Å². The van der Waals surface area contributed by atoms with Crippen LogP contribution in [-0.4, -0.2) is 19.1 Å². The van der Waals surface area contributed by atoms with Crippen LogP contribution < -0.4 is 15.4 Å². The van der Waals surface area contributed by atoms with Crippen molar-refractivity contribution in [1.29, 1.82) is 0 Å². The van der Waals surface area contributed by atoms with Gasteiger partial charge in [-0.15, -0.1) is 0 Å². The molecule has 0 heterocycles. The third kappa shape index (κ3) is 4.21. The van der Waals surface area contributed by atoms with Crippen LogP contribution in [0.5, 0.6) is 5.75 Å². The second-order valence-electron chi connectivity index (χ2n) is 6.43. The normalized spacial score (nSPS) is 13.2. The van der Waals surface area contributed by atoms with Crippen molar-refractivity contribution in [2.45, 2.75) is 25.9 Å². The third-order valence-corrected chi connectivity index (χ3v) is 4.52. The molecule has 0 aromatic heterocycles. The Bertz CT molecular complexity index is 890. The lowest BCUT2D eigenvalue weighted by Gasteiger charge is -2.20. The molecule has 0 bridgehead atoms. The molecule has 0 saturated carbocycles. The van der Waals surface area contributed by atoms with Gasteiger partial charge in [-0.2, -0.15) is 0 Å². The van der Waals surface area contributed by atoms with Gasteiger partial charge in [-0.05, 0) is 60.5 Å². The van der Waals surface area contributed by atoms with Crippen LogP contribution in [0.2, 0.25) is 0 Å². The number of hydrogen-bond acceptors (Lipinski definition) is 3. The first-order valence-electron chi connectivity index (χ1n) is 8.76. The standard InChI is InChI=1S/C22H24N2O2/c1-15(18-9-8-17-6-4-5-7-19(17)14-18)23-16(2)22(25)24-20-10-12-21(26-3)13-11-20/h4-16,23H,1-3H3,(H,24,25). The van der Waals surface area contributed by atoms with E-state index in [-0.39, 0.29) is 18.0 Å². The number of hydrogen-bond donors (Lipinski definition) is 2. The summed E-state index contributed by atoms with van der Waals surface area (Å²) in [5.41, 5.74) is 1.91. The molecule has 0 saturated heterocycles. The van der Waals surface area contributed by atoms with Crippen LogP contribution in [0.1, 0.15) is 25.5 Å². The summed E-state index contributed by atoms with van der Waals surface area (Å²) in [6.45, 7) is 3.94. The molecule has 3 aromatic carbocycles. The number of ether oxygens (including phenoxy) is 1. The van der Waals surface area contributed by atoms with Crippen molar-refractivity contribution in [3.05, 3.63) is 72.3 Å². The highest BCUT2D eigenvalue weighted by Gasteiger charge is 2.16. The van der Waals surface area contributed by atoms with Crippen LogP contribution in [0.25, 0.3) is 10.8 Å². The monoisotopic (exact) mass is 348 g/mol. The van der Waals surface area contributed by atoms with Crippen molar-refractivity contribution < 1.29 is 9.53 Å². The van der Waals surface area contributed by atoms with Gasteiger partial charge in [0.1, 0.15) is 5.75 Å². The van der Waals surface area contributed by atoms with Gasteiger partial charge in [0.25, 0.3) is 0 Å². The SMILES string of the molecule is COc1ccc(NC(=O)C(C)NC(C)c2ccc3ccccc3c2)cc1. The molecule has 0 aliphatic rings. The van der Waals surface area contributed by atoms with Gasteiger partial charge < -0.3 is 10.1 Å². The van der Waals surface area contributed by atoms with Crippen molar-refractivity contribution in [1.82, 2.24) is 5.32 Å². The maximum absolute atomic E-state index is 12.4. The molecule has 0 radical (unpaired) electrons. The van der Waals surface area contributed by atoms with E-state index in [9.17, 15) is 4.79 Å². The van der Waals surface area contributed by atoms with Crippen LogP contribution in [0.4, 0.5) is 5.69 Å². The summed E-state index contributed by atoms with van der Waals surface area (Å²) in [6, 6.07) is 21.7. The molecule has 2 atom stereocenters. The zero-order chi connectivity index (χ0) is 18.5. The van der Waals surface area contributed by atoms with Crippen molar-refractivity contribution in [3.63, 3.8) is 0 Å². The van der Waals surface area contributed by atoms with E-state index in [1.165, 1.54) is 10.8 Å². The summed E-state index contributed by atoms with van der Waals surface area (Å²) in [4.78, 5) is 12.4. The fraction of sp³-hybridized carbons (Fsp3) is 0.227. The topological polar surface area (TPSA) is 50.4 Å². The van der Waals surface area contributed by atoms with E-state index < -0.39 is 0 Å². The van der Waals surface area contributed by atoms with Gasteiger partial charge in [-0.25, -0.2) is 0 Å². The number of fused-ring (bicyclic) bond motifs is 1. The predicted octanol–water partition coefficient (Wildman–Crippen LogP) is 4.53. The van der Waals surface area contributed by atoms with E-state index in [1.54, 1.807) is 7.11 Å². The molecule has 3 aromatic rings. The summed E-state index contributed by atoms with van der Waals surface area (Å²) in [5, 5.41) is 8.71. The number of rotatable bonds is 6. The Morgan fingerprint density at radius 2 is 1.62 bits per heavy atom. The first-order chi connectivity index (χ1) is 12.6. The average molecular weight is 348 g/mol. The molecule has 0 spiro atoms. The molecule has 26 heavy (non-hydrogen) atoms. The summed E-state index contributed by atoms with van der Waals surface area (Å²) in [5.74, 6) is 0.696. The quantitative estimate of drug-likeness (QED) is 0.688. The third-order valence-electron chi connectivity index (χ3n) is 4.52. The van der Waals surface area contributed by atoms with Crippen molar-refractivity contribution in [2.24, 2.45) is 0 Å². The number of anilines is 1. The molecular weight excluding hydrogens is 324 g/mol. The largest absolute Gasteiger partial charge is 0.497 e. The maximum Gasteiger partial charge on any atom is 0.241 e. The summed E-state index contributed by atoms with van der Waals surface area (Å²) >= 11 is 0. The Balaban J connectivity index is 1.63. The van der Waals surface area contributed by atoms with Gasteiger partial charge in [0.2, 0.25) is 5.91 Å². The van der Waals surface area contributed by atoms with E-state index in [4.69, 9.17) is 4.74 Å². The minimum absolute atomic E-state index is 0.0659. The zero-order valence-corrected chi connectivity index (χ0v) is 15.3. The number of carbonyl (C=O) groups is 1. The fourth-order valence-electron chi connectivity index (χ4n) is 2.95. The van der Waals surface area contributed by atoms with Gasteiger partial charge >= 0.3 is 0 Å². The van der Waals surface area contributed by atoms with E-state index >= 15 is 0 Å². The first kappa shape index (κ1) is 18.0. The number of benzene rings is 3. The van der Waals surface area contributed by atoms with Crippen LogP contribution in [0.3, 0.4) is 0 Å². The molecule has 2 N–H and O–H groups in total. The van der Waals surface area contributed by atoms with E-state index in [0.717, 1.165) is 17.0 Å². The molecular formula is C22H24N2O2. The minimum atomic E-state index is -0.321. The van der Waals surface area contributed by atoms with Crippen LogP contribution in [-0.2, 0) is 4.79 Å². The lowest BCUT2D eigenvalue weighted by molar-refractivity contribution is -0.117. The Kier molecular flexibility index (Phi) is 5.54. The van der Waals surface area contributed by atoms with Gasteiger partial charge in [-0.1, -0.05) is 36.4 Å². The molecule has 2 unspecified atom stereocenters. The highest BCUT2D eigenvalue weighted by atomic mass is 16.5. The molecule has 3 rings (SSSR count). The minimum Gasteiger partial charge on any atom is -0.497 e. The predicted molar refractivity (Wildman–Crippen MR) is 107 cm³/mol. The highest BCUT2D eigenvalue weighted by Crippen LogP contribution is 2.21. The number of methoxy groups -OCH3 is 1. The van der Waals surface area contributed by atoms with Crippen molar-refractivity contribution in [2.75, 3.05) is 12.4 Å². The van der Waals surface area contributed by atoms with Crippen LogP contribution in [0.15, 0.2) is 66.7 Å². The Morgan fingerprint density at radius 3 is 2.31 bits per heavy atom. The van der Waals surface area contributed by atoms with Gasteiger partial charge in [0.15, 0.2) is 0 Å². The molecule has 134 valence electrons. The van der Waals surface area contributed by atoms with Crippen LogP contribution >= 0.6 is 0 Å². The smallest absolute Gasteiger partial charge is 0.241 e. The van der Waals surface area contributed by atoms with E-state index in [2.05, 4.69) is 47.9 Å². The lowest BCUT2D eigenvalue weighted by Crippen LogP contribution is -2.39. The zero-order valence-electron chi connectivity index (χ0n) is 15.3. The van der Waals surface area contributed by atoms with E-state index in [0.29, 0.717) is 0 Å². The fourth-order valence-corrected chi connectivity index (χ4v) is 2.95. The van der Waals surface area contributed by atoms with Gasteiger partial charge in [-0.3, -0.25) is 10.1 Å². The Labute approximate surface area is 154 Å². The van der Waals surface area contributed by atoms with Crippen LogP contribution in [0, 0.1) is 0 Å². The second-order valence-corrected chi connectivity index (χ2v) is 6.43. The maximum atomic E-state index is 12.4. The number of nitrogens with one attached hydrogen (secondary N) is 2. The molecule has 0 fully saturated rings. The van der Waals surface area contributed by atoms with Gasteiger partial charge in [0, 0.05) is 11.7 Å². The lowest BCUT2D eigenvalue weighted by atomic mass is 10.0. The Morgan fingerprint density at radius 1 is 0.923 bits per heavy atom. The summed E-state index contributed by atoms with van der Waals surface area (Å²) in [7, 11) is 1.62. The highest BCUT2D eigenvalue weighted by molar-refractivity contribution is 5.94. The molecule has 0 aliphatic heterocycles. The molecule has 4 nitrogen and oxygen atoms in total. The van der Waals surface area contributed by atoms with E-state index in [1.807, 2.05) is 43.3 Å². The summed E-state index contributed by atoms with van der Waals surface area (Å²) < 4.78 is 5.13. The van der Waals surface area contributed by atoms with Crippen molar-refractivity contribution >= 4 is 22.4 Å². The average Bonchev–Trinajstić information content (AvgIpc) is 2.68. The number of carbonyl (C=O) groups excluding carboxylic acids is 1. The van der Waals surface area contributed by atoms with Crippen molar-refractivity contribution in [3.8, 4) is 5.75 Å². The molecule has 0 aliphatic carbocycles. The summed E-state index contributed by atoms with van der Waals surface area (Å²) in [6.07, 6.45) is 0. The molecule has 4 heteroatoms. The first-order valence-corrected chi connectivity index (χ1v) is 8.76. The Hall–Kier alpha value is -2.85. The second kappa shape index (κ2) is 8.02. The molecule has 1 amide bonds.